The maximum Gasteiger partial charge on any atom is 0.373 e. The minimum absolute atomic E-state index is 0. The molecule has 1 rings (SSSR count). The van der Waals surface area contributed by atoms with Crippen LogP contribution in [-0.4, -0.2) is 47.2 Å². The molecule has 0 spiro atoms. The highest BCUT2D eigenvalue weighted by molar-refractivity contribution is 6.35. The van der Waals surface area contributed by atoms with Gasteiger partial charge in [0.05, 0.1) is 12.1 Å². The van der Waals surface area contributed by atoms with Crippen molar-refractivity contribution in [1.29, 1.82) is 0 Å². The first-order valence-electron chi connectivity index (χ1n) is 4.87. The summed E-state index contributed by atoms with van der Waals surface area (Å²) >= 11 is 11.5. The number of aliphatic carboxylic acids is 1. The van der Waals surface area contributed by atoms with Crippen LogP contribution in [0.2, 0.25) is 10.0 Å². The summed E-state index contributed by atoms with van der Waals surface area (Å²) in [6.45, 7) is 4.48. The Balaban J connectivity index is 0. The summed E-state index contributed by atoms with van der Waals surface area (Å²) in [5.41, 5.74) is 0. The molecule has 8 heteroatoms. The number of hydrogen-bond donors (Lipinski definition) is 1. The monoisotopic (exact) mass is 332 g/mol. The molecule has 1 aromatic rings. The third-order valence-corrected chi connectivity index (χ3v) is 2.07. The molecule has 20 heavy (non-hydrogen) atoms. The standard InChI is InChI=1S/C10H8Cl2O3.C2H4O2.Mg.2H/c1-6(10(13)14-2)15-9-4-3-7(11)5-8(9)12;1-2(3)4;;;/h3-5H,1H2,2H3;1H3,(H,3,4);;;. The lowest BCUT2D eigenvalue weighted by molar-refractivity contribution is -0.138. The zero-order valence-electron chi connectivity index (χ0n) is 10.3. The maximum atomic E-state index is 11.0. The van der Waals surface area contributed by atoms with Crippen molar-refractivity contribution in [2.45, 2.75) is 6.92 Å². The smallest absolute Gasteiger partial charge is 0.373 e. The molecule has 1 N–H and O–H groups in total. The number of carbonyl (C=O) groups is 2. The molecule has 0 heterocycles. The highest BCUT2D eigenvalue weighted by Gasteiger charge is 2.11. The Labute approximate surface area is 142 Å². The molecule has 0 saturated carbocycles. The lowest BCUT2D eigenvalue weighted by Crippen LogP contribution is -2.09. The second-order valence-electron chi connectivity index (χ2n) is 3.11. The second-order valence-corrected chi connectivity index (χ2v) is 3.95. The molecule has 0 aromatic heterocycles. The van der Waals surface area contributed by atoms with Crippen LogP contribution in [0.15, 0.2) is 30.5 Å². The SMILES string of the molecule is C=C(Oc1ccc(Cl)cc1Cl)C(=O)OC.CC(=O)O.[MgH2]. The molecule has 0 fully saturated rings. The van der Waals surface area contributed by atoms with Crippen LogP contribution in [0.5, 0.6) is 5.75 Å². The van der Waals surface area contributed by atoms with Crippen LogP contribution >= 0.6 is 23.2 Å². The van der Waals surface area contributed by atoms with E-state index in [1.807, 2.05) is 0 Å². The van der Waals surface area contributed by atoms with Gasteiger partial charge in [0.15, 0.2) is 0 Å². The van der Waals surface area contributed by atoms with Crippen molar-refractivity contribution in [1.82, 2.24) is 0 Å². The van der Waals surface area contributed by atoms with Crippen LogP contribution in [0.4, 0.5) is 0 Å². The quantitative estimate of drug-likeness (QED) is 0.397. The number of ether oxygens (including phenoxy) is 2. The van der Waals surface area contributed by atoms with Gasteiger partial charge in [0.2, 0.25) is 5.76 Å². The van der Waals surface area contributed by atoms with Crippen molar-refractivity contribution >= 4 is 58.2 Å². The summed E-state index contributed by atoms with van der Waals surface area (Å²) in [5.74, 6) is -1.32. The van der Waals surface area contributed by atoms with E-state index in [1.54, 1.807) is 12.1 Å². The number of carboxylic acids is 1. The van der Waals surface area contributed by atoms with E-state index in [0.717, 1.165) is 6.92 Å². The molecule has 0 unspecified atom stereocenters. The molecule has 108 valence electrons. The van der Waals surface area contributed by atoms with E-state index in [1.165, 1.54) is 13.2 Å². The molecule has 0 amide bonds. The molecule has 0 aliphatic rings. The van der Waals surface area contributed by atoms with Crippen LogP contribution in [-0.2, 0) is 14.3 Å². The third-order valence-electron chi connectivity index (χ3n) is 1.54. The number of halogens is 2. The van der Waals surface area contributed by atoms with Crippen LogP contribution in [0.3, 0.4) is 0 Å². The van der Waals surface area contributed by atoms with Gasteiger partial charge in [0.1, 0.15) is 5.75 Å². The lowest BCUT2D eigenvalue weighted by Gasteiger charge is -2.08. The van der Waals surface area contributed by atoms with Gasteiger partial charge in [0.25, 0.3) is 5.97 Å². The molecular formula is C12H14Cl2MgO5. The van der Waals surface area contributed by atoms with E-state index in [-0.39, 0.29) is 28.8 Å². The van der Waals surface area contributed by atoms with Gasteiger partial charge in [-0.15, -0.1) is 0 Å². The van der Waals surface area contributed by atoms with E-state index >= 15 is 0 Å². The summed E-state index contributed by atoms with van der Waals surface area (Å²) in [5, 5.41) is 8.20. The number of methoxy groups -OCH3 is 1. The first-order valence-corrected chi connectivity index (χ1v) is 5.63. The van der Waals surface area contributed by atoms with Crippen molar-refractivity contribution in [2.75, 3.05) is 7.11 Å². The molecule has 0 aliphatic heterocycles. The first-order chi connectivity index (χ1) is 8.77. The Morgan fingerprint density at radius 1 is 1.30 bits per heavy atom. The number of carboxylic acid groups (broad SMARTS) is 1. The predicted molar refractivity (Wildman–Crippen MR) is 80.1 cm³/mol. The Bertz CT molecular complexity index is 487. The van der Waals surface area contributed by atoms with Crippen molar-refractivity contribution in [3.63, 3.8) is 0 Å². The molecule has 0 saturated heterocycles. The summed E-state index contributed by atoms with van der Waals surface area (Å²) in [7, 11) is 1.24. The molecule has 0 radical (unpaired) electrons. The van der Waals surface area contributed by atoms with Gasteiger partial charge in [-0.3, -0.25) is 4.79 Å². The third kappa shape index (κ3) is 9.03. The number of esters is 1. The van der Waals surface area contributed by atoms with Crippen molar-refractivity contribution in [3.8, 4) is 5.75 Å². The van der Waals surface area contributed by atoms with Gasteiger partial charge in [-0.25, -0.2) is 4.79 Å². The van der Waals surface area contributed by atoms with Crippen molar-refractivity contribution in [3.05, 3.63) is 40.6 Å². The number of rotatable bonds is 3. The van der Waals surface area contributed by atoms with Crippen LogP contribution in [0, 0.1) is 0 Å². The van der Waals surface area contributed by atoms with Gasteiger partial charge in [0, 0.05) is 11.9 Å². The summed E-state index contributed by atoms with van der Waals surface area (Å²) in [4.78, 5) is 20.0. The van der Waals surface area contributed by atoms with Gasteiger partial charge >= 0.3 is 29.0 Å². The summed E-state index contributed by atoms with van der Waals surface area (Å²) in [6, 6.07) is 4.63. The fourth-order valence-corrected chi connectivity index (χ4v) is 1.29. The van der Waals surface area contributed by atoms with Crippen LogP contribution < -0.4 is 4.74 Å². The molecule has 5 nitrogen and oxygen atoms in total. The normalized spacial score (nSPS) is 8.40. The van der Waals surface area contributed by atoms with E-state index in [9.17, 15) is 4.79 Å². The highest BCUT2D eigenvalue weighted by Crippen LogP contribution is 2.28. The van der Waals surface area contributed by atoms with E-state index < -0.39 is 11.9 Å². The fraction of sp³-hybridized carbons (Fsp3) is 0.167. The minimum atomic E-state index is -0.833. The average molecular weight is 333 g/mol. The molecular weight excluding hydrogens is 319 g/mol. The lowest BCUT2D eigenvalue weighted by atomic mass is 10.3. The maximum absolute atomic E-state index is 11.0. The van der Waals surface area contributed by atoms with Gasteiger partial charge in [-0.05, 0) is 24.8 Å². The molecule has 0 bridgehead atoms. The van der Waals surface area contributed by atoms with Gasteiger partial charge in [-0.1, -0.05) is 23.2 Å². The minimum Gasteiger partial charge on any atom is -0.481 e. The van der Waals surface area contributed by atoms with E-state index in [4.69, 9.17) is 37.8 Å². The topological polar surface area (TPSA) is 72.8 Å². The fourth-order valence-electron chi connectivity index (χ4n) is 0.846. The first kappa shape index (κ1) is 21.3. The zero-order chi connectivity index (χ0) is 15.0. The Morgan fingerprint density at radius 2 is 1.80 bits per heavy atom. The Morgan fingerprint density at radius 3 is 2.20 bits per heavy atom. The summed E-state index contributed by atoms with van der Waals surface area (Å²) in [6.07, 6.45) is 0. The van der Waals surface area contributed by atoms with Gasteiger partial charge in [-0.2, -0.15) is 0 Å². The predicted octanol–water partition coefficient (Wildman–Crippen LogP) is 2.23. The second kappa shape index (κ2) is 10.8. The Hall–Kier alpha value is -0.954. The zero-order valence-corrected chi connectivity index (χ0v) is 11.8. The largest absolute Gasteiger partial charge is 0.481 e. The average Bonchev–Trinajstić information content (AvgIpc) is 2.30. The highest BCUT2D eigenvalue weighted by atomic mass is 35.5. The molecule has 0 aliphatic carbocycles. The summed E-state index contributed by atoms with van der Waals surface area (Å²) < 4.78 is 9.51. The van der Waals surface area contributed by atoms with E-state index in [2.05, 4.69) is 11.3 Å². The van der Waals surface area contributed by atoms with Crippen LogP contribution in [0.25, 0.3) is 0 Å². The molecule has 0 atom stereocenters. The van der Waals surface area contributed by atoms with Crippen LogP contribution in [0.1, 0.15) is 6.92 Å². The number of carbonyl (C=O) groups excluding carboxylic acids is 1. The van der Waals surface area contributed by atoms with Crippen molar-refractivity contribution in [2.24, 2.45) is 0 Å². The van der Waals surface area contributed by atoms with Crippen molar-refractivity contribution < 1.29 is 24.2 Å². The van der Waals surface area contributed by atoms with Gasteiger partial charge < -0.3 is 14.6 Å². The number of hydrogen-bond acceptors (Lipinski definition) is 4. The molecule has 1 aromatic carbocycles. The Kier molecular flexibility index (Phi) is 11.5. The van der Waals surface area contributed by atoms with E-state index in [0.29, 0.717) is 15.8 Å². The number of benzene rings is 1.